The third kappa shape index (κ3) is 4.05. The van der Waals surface area contributed by atoms with Crippen LogP contribution in [-0.2, 0) is 0 Å². The van der Waals surface area contributed by atoms with E-state index in [9.17, 15) is 0 Å². The summed E-state index contributed by atoms with van der Waals surface area (Å²) in [6.45, 7) is 2.81. The van der Waals surface area contributed by atoms with Gasteiger partial charge in [0.25, 0.3) is 0 Å². The van der Waals surface area contributed by atoms with Gasteiger partial charge in [-0.1, -0.05) is 77.6 Å². The Kier molecular flexibility index (Phi) is 6.69. The van der Waals surface area contributed by atoms with Crippen molar-refractivity contribution < 1.29 is 0 Å². The molecule has 0 N–H and O–H groups in total. The van der Waals surface area contributed by atoms with Crippen LogP contribution >= 0.6 is 0 Å². The lowest BCUT2D eigenvalue weighted by Gasteiger charge is -2.54. The standard InChI is InChI=1S/C26H46/c1-26(23-13-7-3-8-14-23,24-15-9-4-10-16-24)25-19-17-22(18-20-25)21-11-5-2-6-12-21/h21-25H,2-20H2,1H3. The van der Waals surface area contributed by atoms with Crippen LogP contribution in [0, 0.1) is 35.0 Å². The van der Waals surface area contributed by atoms with E-state index in [1.54, 1.807) is 64.2 Å². The molecule has 0 radical (unpaired) electrons. The Bertz CT molecular complexity index is 380. The summed E-state index contributed by atoms with van der Waals surface area (Å²) in [7, 11) is 0. The molecule has 150 valence electrons. The average molecular weight is 359 g/mol. The lowest BCUT2D eigenvalue weighted by Crippen LogP contribution is -2.45. The molecular weight excluding hydrogens is 312 g/mol. The molecule has 0 nitrogen and oxygen atoms in total. The Morgan fingerprint density at radius 2 is 0.731 bits per heavy atom. The minimum atomic E-state index is 0.693. The molecule has 4 aliphatic rings. The fraction of sp³-hybridized carbons (Fsp3) is 1.00. The molecule has 0 aromatic rings. The minimum Gasteiger partial charge on any atom is -0.0588 e. The fourth-order valence-electron chi connectivity index (χ4n) is 8.27. The zero-order valence-electron chi connectivity index (χ0n) is 17.8. The first kappa shape index (κ1) is 19.3. The van der Waals surface area contributed by atoms with Crippen molar-refractivity contribution >= 4 is 0 Å². The van der Waals surface area contributed by atoms with Crippen LogP contribution in [0.2, 0.25) is 0 Å². The molecule has 4 saturated carbocycles. The van der Waals surface area contributed by atoms with Gasteiger partial charge in [-0.2, -0.15) is 0 Å². The van der Waals surface area contributed by atoms with Gasteiger partial charge in [-0.15, -0.1) is 0 Å². The van der Waals surface area contributed by atoms with E-state index in [2.05, 4.69) is 6.92 Å². The molecule has 0 aliphatic heterocycles. The minimum absolute atomic E-state index is 0.693. The van der Waals surface area contributed by atoms with Crippen LogP contribution in [0.4, 0.5) is 0 Å². The first-order valence-electron chi connectivity index (χ1n) is 12.8. The van der Waals surface area contributed by atoms with Crippen molar-refractivity contribution in [2.75, 3.05) is 0 Å². The third-order valence-electron chi connectivity index (χ3n) is 9.94. The maximum absolute atomic E-state index is 2.81. The van der Waals surface area contributed by atoms with Crippen LogP contribution in [0.1, 0.15) is 129 Å². The van der Waals surface area contributed by atoms with Crippen LogP contribution in [0.15, 0.2) is 0 Å². The second-order valence-electron chi connectivity index (χ2n) is 11.0. The van der Waals surface area contributed by atoms with Crippen LogP contribution < -0.4 is 0 Å². The Labute approximate surface area is 164 Å². The van der Waals surface area contributed by atoms with E-state index in [1.165, 1.54) is 57.8 Å². The summed E-state index contributed by atoms with van der Waals surface area (Å²) in [5, 5.41) is 0. The fourth-order valence-corrected chi connectivity index (χ4v) is 8.27. The van der Waals surface area contributed by atoms with Crippen molar-refractivity contribution in [3.8, 4) is 0 Å². The topological polar surface area (TPSA) is 0 Å². The Balaban J connectivity index is 1.43. The molecular formula is C26H46. The second kappa shape index (κ2) is 9.00. The van der Waals surface area contributed by atoms with Gasteiger partial charge in [0.15, 0.2) is 0 Å². The molecule has 0 atom stereocenters. The normalized spacial score (nSPS) is 34.0. The molecule has 0 aromatic heterocycles. The zero-order chi connectivity index (χ0) is 17.8. The van der Waals surface area contributed by atoms with Gasteiger partial charge in [0.2, 0.25) is 0 Å². The highest BCUT2D eigenvalue weighted by molar-refractivity contribution is 4.97. The Morgan fingerprint density at radius 1 is 0.385 bits per heavy atom. The molecule has 0 heteroatoms. The SMILES string of the molecule is CC(C1CCCCC1)(C1CCCCC1)C1CCC(C2CCCCC2)CC1. The quantitative estimate of drug-likeness (QED) is 0.472. The summed E-state index contributed by atoms with van der Waals surface area (Å²) in [6, 6.07) is 0. The van der Waals surface area contributed by atoms with E-state index < -0.39 is 0 Å². The van der Waals surface area contributed by atoms with Crippen molar-refractivity contribution in [2.45, 2.75) is 129 Å². The van der Waals surface area contributed by atoms with E-state index in [0.29, 0.717) is 5.41 Å². The number of hydrogen-bond donors (Lipinski definition) is 0. The summed E-state index contributed by atoms with van der Waals surface area (Å²) in [5.41, 5.74) is 0.693. The first-order chi connectivity index (χ1) is 12.8. The summed E-state index contributed by atoms with van der Waals surface area (Å²) >= 11 is 0. The van der Waals surface area contributed by atoms with E-state index in [1.807, 2.05) is 0 Å². The lowest BCUT2D eigenvalue weighted by atomic mass is 9.51. The van der Waals surface area contributed by atoms with E-state index >= 15 is 0 Å². The van der Waals surface area contributed by atoms with E-state index in [4.69, 9.17) is 0 Å². The average Bonchev–Trinajstić information content (AvgIpc) is 2.75. The van der Waals surface area contributed by atoms with Gasteiger partial charge >= 0.3 is 0 Å². The van der Waals surface area contributed by atoms with Crippen LogP contribution in [-0.4, -0.2) is 0 Å². The van der Waals surface area contributed by atoms with Gasteiger partial charge in [0.05, 0.1) is 0 Å². The van der Waals surface area contributed by atoms with Gasteiger partial charge in [0, 0.05) is 0 Å². The molecule has 26 heavy (non-hydrogen) atoms. The maximum Gasteiger partial charge on any atom is -0.0241 e. The van der Waals surface area contributed by atoms with Crippen molar-refractivity contribution in [3.63, 3.8) is 0 Å². The van der Waals surface area contributed by atoms with Crippen LogP contribution in [0.5, 0.6) is 0 Å². The lowest BCUT2D eigenvalue weighted by molar-refractivity contribution is -0.0415. The van der Waals surface area contributed by atoms with Gasteiger partial charge in [-0.3, -0.25) is 0 Å². The van der Waals surface area contributed by atoms with Crippen molar-refractivity contribution in [1.29, 1.82) is 0 Å². The van der Waals surface area contributed by atoms with Gasteiger partial charge in [0.1, 0.15) is 0 Å². The van der Waals surface area contributed by atoms with Gasteiger partial charge < -0.3 is 0 Å². The van der Waals surface area contributed by atoms with Gasteiger partial charge in [-0.05, 0) is 86.4 Å². The highest BCUT2D eigenvalue weighted by atomic mass is 14.5. The zero-order valence-corrected chi connectivity index (χ0v) is 17.8. The van der Waals surface area contributed by atoms with Gasteiger partial charge in [-0.25, -0.2) is 0 Å². The van der Waals surface area contributed by atoms with E-state index in [-0.39, 0.29) is 0 Å². The Hall–Kier alpha value is 0. The molecule has 0 unspecified atom stereocenters. The van der Waals surface area contributed by atoms with Crippen LogP contribution in [0.3, 0.4) is 0 Å². The number of rotatable bonds is 4. The van der Waals surface area contributed by atoms with Crippen molar-refractivity contribution in [2.24, 2.45) is 35.0 Å². The monoisotopic (exact) mass is 358 g/mol. The molecule has 0 bridgehead atoms. The maximum atomic E-state index is 2.81. The summed E-state index contributed by atoms with van der Waals surface area (Å²) in [5.74, 6) is 5.41. The molecule has 0 aromatic carbocycles. The first-order valence-corrected chi connectivity index (χ1v) is 12.8. The molecule has 0 saturated heterocycles. The smallest absolute Gasteiger partial charge is 0.0241 e. The van der Waals surface area contributed by atoms with Crippen LogP contribution in [0.25, 0.3) is 0 Å². The highest BCUT2D eigenvalue weighted by Gasteiger charge is 2.48. The molecule has 4 aliphatic carbocycles. The van der Waals surface area contributed by atoms with E-state index in [0.717, 1.165) is 29.6 Å². The molecule has 4 rings (SSSR count). The van der Waals surface area contributed by atoms with Crippen molar-refractivity contribution in [3.05, 3.63) is 0 Å². The molecule has 0 spiro atoms. The summed E-state index contributed by atoms with van der Waals surface area (Å²) in [4.78, 5) is 0. The van der Waals surface area contributed by atoms with Crippen molar-refractivity contribution in [1.82, 2.24) is 0 Å². The largest absolute Gasteiger partial charge is 0.0588 e. The summed E-state index contributed by atoms with van der Waals surface area (Å²) < 4.78 is 0. The second-order valence-corrected chi connectivity index (χ2v) is 11.0. The summed E-state index contributed by atoms with van der Waals surface area (Å²) in [6.07, 6.45) is 29.5. The highest BCUT2D eigenvalue weighted by Crippen LogP contribution is 2.57. The molecule has 0 amide bonds. The predicted octanol–water partition coefficient (Wildman–Crippen LogP) is 8.54. The number of hydrogen-bond acceptors (Lipinski definition) is 0. The molecule has 0 heterocycles. The third-order valence-corrected chi connectivity index (χ3v) is 9.94. The predicted molar refractivity (Wildman–Crippen MR) is 113 cm³/mol. The Morgan fingerprint density at radius 3 is 1.19 bits per heavy atom. The molecule has 4 fully saturated rings.